The van der Waals surface area contributed by atoms with E-state index in [1.54, 1.807) is 18.2 Å². The molecular formula is C23H29FN4O3. The summed E-state index contributed by atoms with van der Waals surface area (Å²) in [6.45, 7) is 5.41. The third-order valence-electron chi connectivity index (χ3n) is 5.56. The van der Waals surface area contributed by atoms with Crippen LogP contribution in [0.1, 0.15) is 42.7 Å². The van der Waals surface area contributed by atoms with E-state index in [-0.39, 0.29) is 30.0 Å². The lowest BCUT2D eigenvalue weighted by atomic mass is 9.94. The monoisotopic (exact) mass is 428 g/mol. The lowest BCUT2D eigenvalue weighted by Crippen LogP contribution is -2.36. The molecule has 1 fully saturated rings. The van der Waals surface area contributed by atoms with E-state index in [0.29, 0.717) is 35.9 Å². The zero-order valence-corrected chi connectivity index (χ0v) is 18.1. The van der Waals surface area contributed by atoms with E-state index < -0.39 is 5.97 Å². The SMILES string of the molecule is COC(=O)c1cc(N2CCC(CO)CC2)c(C(=N)C(C)C)c(Nc2ccc(F)cc2)n1. The van der Waals surface area contributed by atoms with Gasteiger partial charge in [-0.05, 0) is 55.0 Å². The van der Waals surface area contributed by atoms with Gasteiger partial charge in [0.2, 0.25) is 0 Å². The van der Waals surface area contributed by atoms with Gasteiger partial charge in [-0.2, -0.15) is 0 Å². The van der Waals surface area contributed by atoms with Crippen molar-refractivity contribution < 1.29 is 19.0 Å². The van der Waals surface area contributed by atoms with Crippen molar-refractivity contribution in [2.75, 3.05) is 37.0 Å². The minimum Gasteiger partial charge on any atom is -0.464 e. The van der Waals surface area contributed by atoms with E-state index in [0.717, 1.165) is 18.5 Å². The predicted octanol–water partition coefficient (Wildman–Crippen LogP) is 3.98. The Morgan fingerprint density at radius 3 is 2.52 bits per heavy atom. The maximum atomic E-state index is 13.4. The van der Waals surface area contributed by atoms with E-state index in [1.165, 1.54) is 19.2 Å². The number of hydrogen-bond acceptors (Lipinski definition) is 7. The zero-order chi connectivity index (χ0) is 22.5. The molecule has 7 nitrogen and oxygen atoms in total. The van der Waals surface area contributed by atoms with Gasteiger partial charge in [-0.3, -0.25) is 0 Å². The van der Waals surface area contributed by atoms with Crippen molar-refractivity contribution in [1.82, 2.24) is 4.98 Å². The first-order valence-corrected chi connectivity index (χ1v) is 10.4. The Kier molecular flexibility index (Phi) is 7.22. The number of ether oxygens (including phenoxy) is 1. The molecule has 0 saturated carbocycles. The van der Waals surface area contributed by atoms with Gasteiger partial charge in [0.15, 0.2) is 5.69 Å². The number of piperidine rings is 1. The fourth-order valence-electron chi connectivity index (χ4n) is 3.66. The topological polar surface area (TPSA) is 98.5 Å². The summed E-state index contributed by atoms with van der Waals surface area (Å²) in [5.41, 5.74) is 2.45. The number of pyridine rings is 1. The number of hydrogen-bond donors (Lipinski definition) is 3. The van der Waals surface area contributed by atoms with Crippen LogP contribution >= 0.6 is 0 Å². The fourth-order valence-corrected chi connectivity index (χ4v) is 3.66. The predicted molar refractivity (Wildman–Crippen MR) is 119 cm³/mol. The first kappa shape index (κ1) is 22.7. The van der Waals surface area contributed by atoms with Gasteiger partial charge < -0.3 is 25.5 Å². The number of aliphatic hydroxyl groups excluding tert-OH is 1. The average molecular weight is 429 g/mol. The highest BCUT2D eigenvalue weighted by molar-refractivity contribution is 6.09. The number of carbonyl (C=O) groups excluding carboxylic acids is 1. The highest BCUT2D eigenvalue weighted by Gasteiger charge is 2.27. The molecule has 2 aromatic rings. The Hall–Kier alpha value is -3.00. The normalized spacial score (nSPS) is 14.6. The highest BCUT2D eigenvalue weighted by Crippen LogP contribution is 2.34. The summed E-state index contributed by atoms with van der Waals surface area (Å²) in [5, 5.41) is 21.4. The summed E-state index contributed by atoms with van der Waals surface area (Å²) in [6.07, 6.45) is 1.64. The van der Waals surface area contributed by atoms with Gasteiger partial charge in [0.25, 0.3) is 0 Å². The van der Waals surface area contributed by atoms with Crippen molar-refractivity contribution in [1.29, 1.82) is 5.41 Å². The van der Waals surface area contributed by atoms with Crippen LogP contribution in [0.4, 0.5) is 21.6 Å². The number of halogens is 1. The minimum atomic E-state index is -0.573. The Morgan fingerprint density at radius 1 is 1.32 bits per heavy atom. The highest BCUT2D eigenvalue weighted by atomic mass is 19.1. The lowest BCUT2D eigenvalue weighted by molar-refractivity contribution is 0.0594. The summed E-state index contributed by atoms with van der Waals surface area (Å²) >= 11 is 0. The van der Waals surface area contributed by atoms with Crippen molar-refractivity contribution in [3.8, 4) is 0 Å². The van der Waals surface area contributed by atoms with Gasteiger partial charge in [-0.1, -0.05) is 13.8 Å². The van der Waals surface area contributed by atoms with E-state index in [9.17, 15) is 14.3 Å². The summed E-state index contributed by atoms with van der Waals surface area (Å²) in [7, 11) is 1.30. The minimum absolute atomic E-state index is 0.0757. The smallest absolute Gasteiger partial charge is 0.356 e. The molecule has 1 aromatic heterocycles. The quantitative estimate of drug-likeness (QED) is 0.456. The van der Waals surface area contributed by atoms with Gasteiger partial charge in [-0.15, -0.1) is 0 Å². The largest absolute Gasteiger partial charge is 0.464 e. The molecule has 0 unspecified atom stereocenters. The number of carbonyl (C=O) groups is 1. The van der Waals surface area contributed by atoms with Crippen molar-refractivity contribution in [2.45, 2.75) is 26.7 Å². The third kappa shape index (κ3) is 5.19. The fraction of sp³-hybridized carbons (Fsp3) is 0.435. The number of rotatable bonds is 7. The first-order chi connectivity index (χ1) is 14.8. The molecular weight excluding hydrogens is 399 g/mol. The number of aliphatic hydroxyl groups is 1. The molecule has 0 spiro atoms. The third-order valence-corrected chi connectivity index (χ3v) is 5.56. The first-order valence-electron chi connectivity index (χ1n) is 10.4. The standard InChI is InChI=1S/C23H29FN4O3/c1-14(2)21(25)20-19(28-10-8-15(13-29)9-11-28)12-18(23(30)31-3)27-22(20)26-17-6-4-16(24)5-7-17/h4-7,12,14-15,25,29H,8-11,13H2,1-3H3,(H,26,27). The number of nitrogens with zero attached hydrogens (tertiary/aromatic N) is 2. The van der Waals surface area contributed by atoms with Gasteiger partial charge >= 0.3 is 5.97 Å². The molecule has 0 amide bonds. The lowest BCUT2D eigenvalue weighted by Gasteiger charge is -2.35. The molecule has 1 aliphatic rings. The number of esters is 1. The Bertz CT molecular complexity index is 939. The van der Waals surface area contributed by atoms with E-state index >= 15 is 0 Å². The second kappa shape index (κ2) is 9.87. The Balaban J connectivity index is 2.12. The van der Waals surface area contributed by atoms with Gasteiger partial charge in [0.05, 0.1) is 18.4 Å². The molecule has 2 heterocycles. The second-order valence-electron chi connectivity index (χ2n) is 8.06. The number of nitrogens with one attached hydrogen (secondary N) is 2. The summed E-state index contributed by atoms with van der Waals surface area (Å²) in [6, 6.07) is 7.50. The van der Waals surface area contributed by atoms with Crippen molar-refractivity contribution in [3.05, 3.63) is 47.4 Å². The van der Waals surface area contributed by atoms with Crippen molar-refractivity contribution in [2.24, 2.45) is 11.8 Å². The van der Waals surface area contributed by atoms with Crippen LogP contribution in [-0.4, -0.2) is 48.6 Å². The van der Waals surface area contributed by atoms with Crippen LogP contribution in [0, 0.1) is 23.1 Å². The van der Waals surface area contributed by atoms with Crippen LogP contribution in [0.15, 0.2) is 30.3 Å². The molecule has 0 bridgehead atoms. The molecule has 0 aliphatic carbocycles. The number of methoxy groups -OCH3 is 1. The number of anilines is 3. The van der Waals surface area contributed by atoms with E-state index in [4.69, 9.17) is 10.1 Å². The van der Waals surface area contributed by atoms with Crippen LogP contribution in [0.5, 0.6) is 0 Å². The number of benzene rings is 1. The molecule has 3 N–H and O–H groups in total. The van der Waals surface area contributed by atoms with Crippen LogP contribution in [0.3, 0.4) is 0 Å². The van der Waals surface area contributed by atoms with Crippen LogP contribution in [-0.2, 0) is 4.74 Å². The zero-order valence-electron chi connectivity index (χ0n) is 18.1. The summed E-state index contributed by atoms with van der Waals surface area (Å²) < 4.78 is 18.3. The molecule has 1 aliphatic heterocycles. The average Bonchev–Trinajstić information content (AvgIpc) is 2.79. The molecule has 31 heavy (non-hydrogen) atoms. The van der Waals surface area contributed by atoms with E-state index in [1.807, 2.05) is 13.8 Å². The summed E-state index contributed by atoms with van der Waals surface area (Å²) in [5.74, 6) is -0.399. The Labute approximate surface area is 181 Å². The molecule has 166 valence electrons. The van der Waals surface area contributed by atoms with Gasteiger partial charge in [-0.25, -0.2) is 14.2 Å². The van der Waals surface area contributed by atoms with Crippen molar-refractivity contribution in [3.63, 3.8) is 0 Å². The second-order valence-corrected chi connectivity index (χ2v) is 8.06. The molecule has 1 aromatic carbocycles. The van der Waals surface area contributed by atoms with Gasteiger partial charge in [0, 0.05) is 31.1 Å². The van der Waals surface area contributed by atoms with Crippen LogP contribution in [0.25, 0.3) is 0 Å². The number of aromatic nitrogens is 1. The maximum absolute atomic E-state index is 13.4. The van der Waals surface area contributed by atoms with Gasteiger partial charge in [0.1, 0.15) is 11.6 Å². The molecule has 8 heteroatoms. The van der Waals surface area contributed by atoms with Crippen LogP contribution in [0.2, 0.25) is 0 Å². The van der Waals surface area contributed by atoms with Crippen LogP contribution < -0.4 is 10.2 Å². The molecule has 1 saturated heterocycles. The Morgan fingerprint density at radius 2 is 1.97 bits per heavy atom. The van der Waals surface area contributed by atoms with Crippen molar-refractivity contribution >= 4 is 28.9 Å². The molecule has 0 radical (unpaired) electrons. The summed E-state index contributed by atoms with van der Waals surface area (Å²) in [4.78, 5) is 18.9. The molecule has 0 atom stereocenters. The van der Waals surface area contributed by atoms with E-state index in [2.05, 4.69) is 15.2 Å². The molecule has 3 rings (SSSR count). The maximum Gasteiger partial charge on any atom is 0.356 e.